The standard InChI is InChI=1S/C24H31N3OS/c1-18-16-22(26(4)20(3)25-19(2)11-14-28)7-8-24(18)27-12-9-21(10-13-27)17-23-6-5-15-29-23/h5-8,11,14-16,21H,9-10,12-13,17H2,1-4H3/b19-11-,25-20?. The highest BCUT2D eigenvalue weighted by atomic mass is 32.1. The monoisotopic (exact) mass is 409 g/mol. The number of piperidine rings is 1. The summed E-state index contributed by atoms with van der Waals surface area (Å²) >= 11 is 1.88. The summed E-state index contributed by atoms with van der Waals surface area (Å²) in [5, 5.41) is 2.18. The van der Waals surface area contributed by atoms with Crippen molar-refractivity contribution in [2.24, 2.45) is 10.9 Å². The molecule has 29 heavy (non-hydrogen) atoms. The van der Waals surface area contributed by atoms with Crippen molar-refractivity contribution in [3.63, 3.8) is 0 Å². The smallest absolute Gasteiger partial charge is 0.144 e. The van der Waals surface area contributed by atoms with Crippen LogP contribution in [0.15, 0.2) is 52.5 Å². The molecule has 0 radical (unpaired) electrons. The summed E-state index contributed by atoms with van der Waals surface area (Å²) in [5.74, 6) is 1.67. The van der Waals surface area contributed by atoms with Crippen molar-refractivity contribution in [3.05, 3.63) is 57.9 Å². The average molecular weight is 410 g/mol. The van der Waals surface area contributed by atoms with Crippen LogP contribution in [-0.4, -0.2) is 32.3 Å². The van der Waals surface area contributed by atoms with Gasteiger partial charge in [-0.25, -0.2) is 4.99 Å². The lowest BCUT2D eigenvalue weighted by molar-refractivity contribution is -0.104. The lowest BCUT2D eigenvalue weighted by atomic mass is 9.92. The molecule has 0 amide bonds. The molecule has 1 aliphatic rings. The van der Waals surface area contributed by atoms with Crippen molar-refractivity contribution in [1.29, 1.82) is 0 Å². The number of benzene rings is 1. The van der Waals surface area contributed by atoms with Gasteiger partial charge in [0.2, 0.25) is 0 Å². The maximum absolute atomic E-state index is 10.6. The van der Waals surface area contributed by atoms with Gasteiger partial charge in [-0.1, -0.05) is 6.07 Å². The molecule has 0 aliphatic carbocycles. The Bertz CT molecular complexity index is 878. The molecule has 1 saturated heterocycles. The summed E-state index contributed by atoms with van der Waals surface area (Å²) in [6, 6.07) is 11.0. The molecular formula is C24H31N3OS. The van der Waals surface area contributed by atoms with Crippen LogP contribution in [0.4, 0.5) is 11.4 Å². The zero-order chi connectivity index (χ0) is 20.8. The highest BCUT2D eigenvalue weighted by Crippen LogP contribution is 2.31. The van der Waals surface area contributed by atoms with Gasteiger partial charge in [-0.2, -0.15) is 0 Å². The van der Waals surface area contributed by atoms with Crippen LogP contribution < -0.4 is 9.80 Å². The number of nitrogens with zero attached hydrogens (tertiary/aromatic N) is 3. The van der Waals surface area contributed by atoms with Crippen molar-refractivity contribution in [2.45, 2.75) is 40.0 Å². The lowest BCUT2D eigenvalue weighted by Crippen LogP contribution is -2.34. The predicted molar refractivity (Wildman–Crippen MR) is 125 cm³/mol. The van der Waals surface area contributed by atoms with E-state index in [2.05, 4.69) is 57.4 Å². The first-order chi connectivity index (χ1) is 14.0. The normalized spacial score (nSPS) is 16.2. The summed E-state index contributed by atoms with van der Waals surface area (Å²) in [4.78, 5) is 21.2. The van der Waals surface area contributed by atoms with Crippen molar-refractivity contribution in [1.82, 2.24) is 0 Å². The third kappa shape index (κ3) is 5.57. The van der Waals surface area contributed by atoms with Crippen LogP contribution in [0, 0.1) is 12.8 Å². The second-order valence-electron chi connectivity index (χ2n) is 7.85. The fourth-order valence-corrected chi connectivity index (χ4v) is 4.77. The minimum Gasteiger partial charge on any atom is -0.371 e. The number of thiophene rings is 1. The van der Waals surface area contributed by atoms with Gasteiger partial charge in [0.15, 0.2) is 0 Å². The van der Waals surface area contributed by atoms with Crippen LogP contribution in [0.2, 0.25) is 0 Å². The van der Waals surface area contributed by atoms with E-state index in [-0.39, 0.29) is 0 Å². The molecule has 4 nitrogen and oxygen atoms in total. The molecule has 1 aromatic carbocycles. The van der Waals surface area contributed by atoms with Crippen molar-refractivity contribution in [3.8, 4) is 0 Å². The topological polar surface area (TPSA) is 35.9 Å². The Hall–Kier alpha value is -2.40. The highest BCUT2D eigenvalue weighted by molar-refractivity contribution is 7.09. The average Bonchev–Trinajstić information content (AvgIpc) is 3.21. The first-order valence-electron chi connectivity index (χ1n) is 10.3. The highest BCUT2D eigenvalue weighted by Gasteiger charge is 2.21. The lowest BCUT2D eigenvalue weighted by Gasteiger charge is -2.35. The number of carbonyl (C=O) groups excluding carboxylic acids is 1. The SMILES string of the molecule is CC(=N/C(C)=C\C=O)N(C)c1ccc(N2CCC(Cc3cccs3)CC2)c(C)c1. The van der Waals surface area contributed by atoms with Crippen LogP contribution in [0.25, 0.3) is 0 Å². The molecule has 2 aromatic rings. The number of aryl methyl sites for hydroxylation is 1. The number of aliphatic imine (C=N–C) groups is 1. The number of amidine groups is 1. The maximum atomic E-state index is 10.6. The molecule has 0 unspecified atom stereocenters. The summed E-state index contributed by atoms with van der Waals surface area (Å²) in [7, 11) is 2.01. The molecule has 5 heteroatoms. The van der Waals surface area contributed by atoms with Crippen LogP contribution in [0.3, 0.4) is 0 Å². The zero-order valence-corrected chi connectivity index (χ0v) is 18.7. The van der Waals surface area contributed by atoms with Crippen LogP contribution >= 0.6 is 11.3 Å². The van der Waals surface area contributed by atoms with Gasteiger partial charge in [-0.15, -0.1) is 11.3 Å². The summed E-state index contributed by atoms with van der Waals surface area (Å²) in [5.41, 5.74) is 4.45. The fraction of sp³-hybridized carbons (Fsp3) is 0.417. The molecule has 0 bridgehead atoms. The number of anilines is 2. The van der Waals surface area contributed by atoms with Crippen LogP contribution in [-0.2, 0) is 11.2 Å². The quantitative estimate of drug-likeness (QED) is 0.275. The van der Waals surface area contributed by atoms with E-state index in [9.17, 15) is 4.79 Å². The van der Waals surface area contributed by atoms with E-state index >= 15 is 0 Å². The van der Waals surface area contributed by atoms with Crippen LogP contribution in [0.1, 0.15) is 37.1 Å². The van der Waals surface area contributed by atoms with E-state index in [0.717, 1.165) is 36.8 Å². The van der Waals surface area contributed by atoms with Crippen molar-refractivity contribution in [2.75, 3.05) is 29.9 Å². The molecule has 154 valence electrons. The Balaban J connectivity index is 1.64. The Morgan fingerprint density at radius 3 is 2.66 bits per heavy atom. The summed E-state index contributed by atoms with van der Waals surface area (Å²) < 4.78 is 0. The van der Waals surface area contributed by atoms with E-state index in [1.165, 1.54) is 41.5 Å². The van der Waals surface area contributed by atoms with Gasteiger partial charge in [-0.05, 0) is 87.2 Å². The molecule has 0 saturated carbocycles. The molecule has 1 aliphatic heterocycles. The van der Waals surface area contributed by atoms with Gasteiger partial charge in [-0.3, -0.25) is 4.79 Å². The first kappa shape index (κ1) is 21.3. The number of rotatable bonds is 6. The Morgan fingerprint density at radius 2 is 2.03 bits per heavy atom. The molecular weight excluding hydrogens is 378 g/mol. The Kier molecular flexibility index (Phi) is 7.26. The zero-order valence-electron chi connectivity index (χ0n) is 17.9. The third-order valence-electron chi connectivity index (χ3n) is 5.73. The maximum Gasteiger partial charge on any atom is 0.144 e. The number of aldehydes is 1. The minimum absolute atomic E-state index is 0.711. The number of hydrogen-bond donors (Lipinski definition) is 0. The molecule has 0 atom stereocenters. The first-order valence-corrected chi connectivity index (χ1v) is 11.1. The van der Waals surface area contributed by atoms with E-state index in [0.29, 0.717) is 5.70 Å². The number of allylic oxidation sites excluding steroid dienone is 2. The van der Waals surface area contributed by atoms with Gasteiger partial charge >= 0.3 is 0 Å². The van der Waals surface area contributed by atoms with Crippen molar-refractivity contribution >= 4 is 34.8 Å². The fourth-order valence-electron chi connectivity index (χ4n) is 3.95. The van der Waals surface area contributed by atoms with E-state index in [1.807, 2.05) is 32.2 Å². The van der Waals surface area contributed by atoms with Gasteiger partial charge in [0.05, 0.1) is 0 Å². The molecule has 0 spiro atoms. The van der Waals surface area contributed by atoms with Crippen molar-refractivity contribution < 1.29 is 4.79 Å². The summed E-state index contributed by atoms with van der Waals surface area (Å²) in [6.45, 7) is 8.24. The van der Waals surface area contributed by atoms with Gasteiger partial charge in [0.1, 0.15) is 12.1 Å². The van der Waals surface area contributed by atoms with Gasteiger partial charge in [0, 0.05) is 42.1 Å². The summed E-state index contributed by atoms with van der Waals surface area (Å²) in [6.07, 6.45) is 5.99. The van der Waals surface area contributed by atoms with E-state index < -0.39 is 0 Å². The predicted octanol–water partition coefficient (Wildman–Crippen LogP) is 5.47. The molecule has 0 N–H and O–H groups in total. The Morgan fingerprint density at radius 1 is 1.28 bits per heavy atom. The van der Waals surface area contributed by atoms with E-state index in [4.69, 9.17) is 0 Å². The second-order valence-corrected chi connectivity index (χ2v) is 8.88. The van der Waals surface area contributed by atoms with Crippen LogP contribution in [0.5, 0.6) is 0 Å². The third-order valence-corrected chi connectivity index (χ3v) is 6.62. The molecule has 1 aromatic heterocycles. The molecule has 2 heterocycles. The Labute approximate surface area is 178 Å². The largest absolute Gasteiger partial charge is 0.371 e. The van der Waals surface area contributed by atoms with Gasteiger partial charge < -0.3 is 9.80 Å². The molecule has 3 rings (SSSR count). The number of hydrogen-bond acceptors (Lipinski definition) is 4. The number of carbonyl (C=O) groups is 1. The van der Waals surface area contributed by atoms with E-state index in [1.54, 1.807) is 0 Å². The van der Waals surface area contributed by atoms with Gasteiger partial charge in [0.25, 0.3) is 0 Å². The minimum atomic E-state index is 0.711. The molecule has 1 fully saturated rings. The second kappa shape index (κ2) is 9.88.